The molecule has 0 radical (unpaired) electrons. The van der Waals surface area contributed by atoms with Crippen LogP contribution in [0.1, 0.15) is 37.8 Å². The summed E-state index contributed by atoms with van der Waals surface area (Å²) in [5.41, 5.74) is 0.444. The average molecular weight is 250 g/mol. The van der Waals surface area contributed by atoms with Gasteiger partial charge in [0.05, 0.1) is 12.0 Å². The molecule has 0 heterocycles. The smallest absolute Gasteiger partial charge is 0.130 e. The van der Waals surface area contributed by atoms with Crippen LogP contribution in [0.2, 0.25) is 0 Å². The zero-order chi connectivity index (χ0) is 13.1. The molecule has 1 aliphatic carbocycles. The molecule has 1 aromatic carbocycles. The van der Waals surface area contributed by atoms with Crippen LogP contribution in [-0.2, 0) is 0 Å². The minimum atomic E-state index is -0.570. The number of benzene rings is 1. The Morgan fingerprint density at radius 2 is 2.17 bits per heavy atom. The van der Waals surface area contributed by atoms with E-state index in [0.29, 0.717) is 5.56 Å². The highest BCUT2D eigenvalue weighted by atomic mass is 19.1. The maximum absolute atomic E-state index is 13.6. The summed E-state index contributed by atoms with van der Waals surface area (Å²) in [5, 5.41) is 12.3. The van der Waals surface area contributed by atoms with Crippen molar-refractivity contribution in [3.8, 4) is 6.07 Å². The predicted molar refractivity (Wildman–Crippen MR) is 64.7 cm³/mol. The lowest BCUT2D eigenvalue weighted by Gasteiger charge is -2.22. The predicted octanol–water partition coefficient (Wildman–Crippen LogP) is 3.31. The Morgan fingerprint density at radius 1 is 1.39 bits per heavy atom. The van der Waals surface area contributed by atoms with Crippen molar-refractivity contribution in [1.29, 1.82) is 5.26 Å². The lowest BCUT2D eigenvalue weighted by Crippen LogP contribution is -2.34. The van der Waals surface area contributed by atoms with Crippen molar-refractivity contribution in [2.24, 2.45) is 5.92 Å². The zero-order valence-corrected chi connectivity index (χ0v) is 10.3. The largest absolute Gasteiger partial charge is 0.306 e. The fourth-order valence-electron chi connectivity index (χ4n) is 2.58. The molecular weight excluding hydrogens is 234 g/mol. The number of nitrogens with one attached hydrogen (secondary N) is 1. The Hall–Kier alpha value is -1.47. The van der Waals surface area contributed by atoms with Crippen molar-refractivity contribution in [3.63, 3.8) is 0 Å². The van der Waals surface area contributed by atoms with Crippen molar-refractivity contribution in [1.82, 2.24) is 5.32 Å². The molecule has 2 rings (SSSR count). The fourth-order valence-corrected chi connectivity index (χ4v) is 2.58. The first-order chi connectivity index (χ1) is 8.61. The van der Waals surface area contributed by atoms with Gasteiger partial charge in [0.1, 0.15) is 11.6 Å². The molecule has 3 unspecified atom stereocenters. The zero-order valence-electron chi connectivity index (χ0n) is 10.3. The van der Waals surface area contributed by atoms with Gasteiger partial charge in [0, 0.05) is 23.7 Å². The second kappa shape index (κ2) is 5.45. The number of nitrogens with zero attached hydrogens (tertiary/aromatic N) is 1. The first-order valence-corrected chi connectivity index (χ1v) is 6.22. The molecule has 1 saturated carbocycles. The van der Waals surface area contributed by atoms with E-state index < -0.39 is 11.6 Å². The molecular formula is C14H16F2N2. The summed E-state index contributed by atoms with van der Waals surface area (Å²) in [6, 6.07) is 5.77. The Bertz CT molecular complexity index is 467. The van der Waals surface area contributed by atoms with Crippen LogP contribution in [0.4, 0.5) is 8.78 Å². The van der Waals surface area contributed by atoms with Crippen LogP contribution in [0.15, 0.2) is 18.2 Å². The Kier molecular flexibility index (Phi) is 3.93. The topological polar surface area (TPSA) is 35.8 Å². The van der Waals surface area contributed by atoms with E-state index in [1.807, 2.05) is 6.92 Å². The van der Waals surface area contributed by atoms with E-state index in [2.05, 4.69) is 11.4 Å². The van der Waals surface area contributed by atoms with Crippen molar-refractivity contribution < 1.29 is 8.78 Å². The van der Waals surface area contributed by atoms with Gasteiger partial charge in [-0.25, -0.2) is 8.78 Å². The Balaban J connectivity index is 2.08. The first kappa shape index (κ1) is 13.0. The molecule has 3 atom stereocenters. The second-order valence-electron chi connectivity index (χ2n) is 4.83. The van der Waals surface area contributed by atoms with Crippen LogP contribution in [0, 0.1) is 28.9 Å². The lowest BCUT2D eigenvalue weighted by molar-refractivity contribution is 0.408. The van der Waals surface area contributed by atoms with E-state index in [1.54, 1.807) is 0 Å². The Labute approximate surface area is 106 Å². The quantitative estimate of drug-likeness (QED) is 0.893. The van der Waals surface area contributed by atoms with E-state index in [-0.39, 0.29) is 18.0 Å². The highest BCUT2D eigenvalue weighted by Gasteiger charge is 2.28. The van der Waals surface area contributed by atoms with E-state index in [1.165, 1.54) is 12.1 Å². The molecule has 1 aromatic rings. The van der Waals surface area contributed by atoms with Gasteiger partial charge in [-0.15, -0.1) is 0 Å². The first-order valence-electron chi connectivity index (χ1n) is 6.22. The maximum atomic E-state index is 13.6. The molecule has 0 amide bonds. The molecule has 0 aliphatic heterocycles. The standard InChI is InChI=1S/C14H16F2N2/c1-9(12-6-5-11(15)7-13(12)16)18-14-4-2-3-10(14)8-17/h5-7,9-10,14,18H,2-4H2,1H3. The van der Waals surface area contributed by atoms with E-state index in [4.69, 9.17) is 5.26 Å². The van der Waals surface area contributed by atoms with Gasteiger partial charge in [-0.05, 0) is 25.8 Å². The van der Waals surface area contributed by atoms with E-state index in [9.17, 15) is 8.78 Å². The summed E-state index contributed by atoms with van der Waals surface area (Å²) in [4.78, 5) is 0. The Morgan fingerprint density at radius 3 is 2.83 bits per heavy atom. The van der Waals surface area contributed by atoms with Crippen molar-refractivity contribution in [2.75, 3.05) is 0 Å². The lowest BCUT2D eigenvalue weighted by atomic mass is 10.0. The molecule has 2 nitrogen and oxygen atoms in total. The molecule has 1 aliphatic rings. The van der Waals surface area contributed by atoms with Crippen LogP contribution >= 0.6 is 0 Å². The van der Waals surface area contributed by atoms with Crippen LogP contribution in [0.5, 0.6) is 0 Å². The second-order valence-corrected chi connectivity index (χ2v) is 4.83. The SMILES string of the molecule is CC(NC1CCCC1C#N)c1ccc(F)cc1F. The fraction of sp³-hybridized carbons (Fsp3) is 0.500. The molecule has 1 N–H and O–H groups in total. The van der Waals surface area contributed by atoms with Gasteiger partial charge in [0.25, 0.3) is 0 Å². The summed E-state index contributed by atoms with van der Waals surface area (Å²) in [7, 11) is 0. The minimum Gasteiger partial charge on any atom is -0.306 e. The third-order valence-electron chi connectivity index (χ3n) is 3.57. The normalized spacial score (nSPS) is 24.8. The van der Waals surface area contributed by atoms with Gasteiger partial charge in [0.15, 0.2) is 0 Å². The number of rotatable bonds is 3. The molecule has 1 fully saturated rings. The monoisotopic (exact) mass is 250 g/mol. The van der Waals surface area contributed by atoms with Gasteiger partial charge in [-0.1, -0.05) is 12.5 Å². The van der Waals surface area contributed by atoms with E-state index >= 15 is 0 Å². The van der Waals surface area contributed by atoms with E-state index in [0.717, 1.165) is 25.3 Å². The van der Waals surface area contributed by atoms with Crippen LogP contribution in [0.25, 0.3) is 0 Å². The number of hydrogen-bond acceptors (Lipinski definition) is 2. The number of nitriles is 1. The minimum absolute atomic E-state index is 0.00374. The highest BCUT2D eigenvalue weighted by Crippen LogP contribution is 2.28. The summed E-state index contributed by atoms with van der Waals surface area (Å²) in [6.07, 6.45) is 2.85. The average Bonchev–Trinajstić information content (AvgIpc) is 2.76. The van der Waals surface area contributed by atoms with Crippen LogP contribution in [0.3, 0.4) is 0 Å². The van der Waals surface area contributed by atoms with Gasteiger partial charge in [-0.3, -0.25) is 0 Å². The highest BCUT2D eigenvalue weighted by molar-refractivity contribution is 5.22. The van der Waals surface area contributed by atoms with Crippen molar-refractivity contribution in [2.45, 2.75) is 38.3 Å². The number of hydrogen-bond donors (Lipinski definition) is 1. The summed E-state index contributed by atoms with van der Waals surface area (Å²) in [6.45, 7) is 1.84. The van der Waals surface area contributed by atoms with Gasteiger partial charge in [-0.2, -0.15) is 5.26 Å². The molecule has 4 heteroatoms. The number of halogens is 2. The summed E-state index contributed by atoms with van der Waals surface area (Å²) < 4.78 is 26.4. The molecule has 0 aromatic heterocycles. The van der Waals surface area contributed by atoms with Crippen LogP contribution < -0.4 is 5.32 Å². The molecule has 0 spiro atoms. The third kappa shape index (κ3) is 2.68. The van der Waals surface area contributed by atoms with Gasteiger partial charge in [0.2, 0.25) is 0 Å². The molecule has 96 valence electrons. The van der Waals surface area contributed by atoms with Gasteiger partial charge < -0.3 is 5.32 Å². The van der Waals surface area contributed by atoms with Crippen molar-refractivity contribution in [3.05, 3.63) is 35.4 Å². The van der Waals surface area contributed by atoms with Crippen molar-refractivity contribution >= 4 is 0 Å². The third-order valence-corrected chi connectivity index (χ3v) is 3.57. The molecule has 0 saturated heterocycles. The maximum Gasteiger partial charge on any atom is 0.130 e. The molecule has 0 bridgehead atoms. The van der Waals surface area contributed by atoms with Gasteiger partial charge >= 0.3 is 0 Å². The molecule has 18 heavy (non-hydrogen) atoms. The van der Waals surface area contributed by atoms with Crippen LogP contribution in [-0.4, -0.2) is 6.04 Å². The summed E-state index contributed by atoms with van der Waals surface area (Å²) >= 11 is 0. The summed E-state index contributed by atoms with van der Waals surface area (Å²) in [5.74, 6) is -1.11.